The number of hydrogen-bond acceptors (Lipinski definition) is 1. The second kappa shape index (κ2) is 6.42. The molecule has 1 aromatic rings. The molecular formula is C21H32N2O. The molecule has 1 aromatic carbocycles. The fourth-order valence-corrected chi connectivity index (χ4v) is 4.79. The summed E-state index contributed by atoms with van der Waals surface area (Å²) in [6.07, 6.45) is 7.02. The van der Waals surface area contributed by atoms with E-state index in [0.717, 1.165) is 24.9 Å². The molecule has 2 amide bonds. The van der Waals surface area contributed by atoms with Crippen molar-refractivity contribution in [3.05, 3.63) is 28.8 Å². The predicted molar refractivity (Wildman–Crippen MR) is 101 cm³/mol. The molecular weight excluding hydrogens is 296 g/mol. The molecule has 0 aromatic heterocycles. The van der Waals surface area contributed by atoms with E-state index in [1.165, 1.54) is 36.0 Å². The quantitative estimate of drug-likeness (QED) is 0.731. The fourth-order valence-electron chi connectivity index (χ4n) is 4.79. The Kier molecular flexibility index (Phi) is 4.63. The molecule has 0 bridgehead atoms. The Hall–Kier alpha value is -1.51. The van der Waals surface area contributed by atoms with Gasteiger partial charge in [0.2, 0.25) is 0 Å². The molecule has 132 valence electrons. The van der Waals surface area contributed by atoms with Gasteiger partial charge in [0.25, 0.3) is 0 Å². The third kappa shape index (κ3) is 3.18. The van der Waals surface area contributed by atoms with E-state index in [2.05, 4.69) is 52.1 Å². The van der Waals surface area contributed by atoms with E-state index in [1.807, 2.05) is 4.90 Å². The topological polar surface area (TPSA) is 32.3 Å². The van der Waals surface area contributed by atoms with Crippen LogP contribution in [0.15, 0.2) is 12.1 Å². The van der Waals surface area contributed by atoms with Crippen molar-refractivity contribution < 1.29 is 4.79 Å². The zero-order valence-corrected chi connectivity index (χ0v) is 15.9. The number of urea groups is 1. The van der Waals surface area contributed by atoms with Crippen LogP contribution < -0.4 is 10.2 Å². The first kappa shape index (κ1) is 17.3. The standard InChI is InChI=1S/C21H32N2O/c1-14-11-15(2)19-18(12-14)16(3)13-21(4,5)23(19)20(24)22-17-9-7-6-8-10-17/h11-12,16-17H,6-10,13H2,1-5H3,(H,22,24)/t16-/m0/s1. The highest BCUT2D eigenvalue weighted by molar-refractivity contribution is 5.96. The van der Waals surface area contributed by atoms with Crippen LogP contribution >= 0.6 is 0 Å². The van der Waals surface area contributed by atoms with Gasteiger partial charge in [0.1, 0.15) is 0 Å². The third-order valence-corrected chi connectivity index (χ3v) is 5.78. The summed E-state index contributed by atoms with van der Waals surface area (Å²) in [5.41, 5.74) is 4.79. The van der Waals surface area contributed by atoms with Crippen LogP contribution in [0.1, 0.15) is 81.9 Å². The number of nitrogens with zero attached hydrogens (tertiary/aromatic N) is 1. The molecule has 0 spiro atoms. The number of benzene rings is 1. The SMILES string of the molecule is Cc1cc(C)c2c(c1)[C@@H](C)CC(C)(C)N2C(=O)NC1CCCCC1. The number of carbonyl (C=O) groups is 1. The van der Waals surface area contributed by atoms with Gasteiger partial charge in [0, 0.05) is 11.6 Å². The highest BCUT2D eigenvalue weighted by Gasteiger charge is 2.41. The average Bonchev–Trinajstić information content (AvgIpc) is 2.48. The normalized spacial score (nSPS) is 23.7. The summed E-state index contributed by atoms with van der Waals surface area (Å²) >= 11 is 0. The monoisotopic (exact) mass is 328 g/mol. The Morgan fingerprint density at radius 3 is 2.50 bits per heavy atom. The molecule has 3 nitrogen and oxygen atoms in total. The Labute approximate surface area is 146 Å². The molecule has 3 rings (SSSR count). The number of carbonyl (C=O) groups excluding carboxylic acids is 1. The number of amides is 2. The lowest BCUT2D eigenvalue weighted by Crippen LogP contribution is -2.57. The average molecular weight is 329 g/mol. The summed E-state index contributed by atoms with van der Waals surface area (Å²) < 4.78 is 0. The van der Waals surface area contributed by atoms with Crippen molar-refractivity contribution in [3.63, 3.8) is 0 Å². The van der Waals surface area contributed by atoms with Crippen LogP contribution in [0.25, 0.3) is 0 Å². The highest BCUT2D eigenvalue weighted by Crippen LogP contribution is 2.45. The Morgan fingerprint density at radius 2 is 1.83 bits per heavy atom. The summed E-state index contributed by atoms with van der Waals surface area (Å²) in [6, 6.07) is 4.90. The first-order valence-electron chi connectivity index (χ1n) is 9.51. The molecule has 0 saturated heterocycles. The summed E-state index contributed by atoms with van der Waals surface area (Å²) in [6.45, 7) is 11.0. The maximum atomic E-state index is 13.2. The molecule has 0 unspecified atom stereocenters. The van der Waals surface area contributed by atoms with Gasteiger partial charge in [-0.1, -0.05) is 43.9 Å². The van der Waals surface area contributed by atoms with Crippen LogP contribution in [-0.4, -0.2) is 17.6 Å². The second-order valence-corrected chi connectivity index (χ2v) is 8.56. The lowest BCUT2D eigenvalue weighted by Gasteiger charge is -2.47. The van der Waals surface area contributed by atoms with E-state index < -0.39 is 0 Å². The van der Waals surface area contributed by atoms with Crippen LogP contribution in [0, 0.1) is 13.8 Å². The zero-order valence-electron chi connectivity index (χ0n) is 15.9. The molecule has 1 atom stereocenters. The first-order chi connectivity index (χ1) is 11.3. The lowest BCUT2D eigenvalue weighted by molar-refractivity contribution is 0.228. The molecule has 24 heavy (non-hydrogen) atoms. The maximum absolute atomic E-state index is 13.2. The van der Waals surface area contributed by atoms with Gasteiger partial charge in [-0.25, -0.2) is 4.79 Å². The molecule has 2 aliphatic rings. The van der Waals surface area contributed by atoms with E-state index in [1.54, 1.807) is 0 Å². The second-order valence-electron chi connectivity index (χ2n) is 8.56. The van der Waals surface area contributed by atoms with E-state index in [4.69, 9.17) is 0 Å². The maximum Gasteiger partial charge on any atom is 0.322 e. The summed E-state index contributed by atoms with van der Waals surface area (Å²) in [5.74, 6) is 0.479. The Balaban J connectivity index is 1.96. The lowest BCUT2D eigenvalue weighted by atomic mass is 9.78. The number of nitrogens with one attached hydrogen (secondary N) is 1. The van der Waals surface area contributed by atoms with Crippen LogP contribution in [-0.2, 0) is 0 Å². The summed E-state index contributed by atoms with van der Waals surface area (Å²) in [7, 11) is 0. The van der Waals surface area contributed by atoms with E-state index in [9.17, 15) is 4.79 Å². The van der Waals surface area contributed by atoms with Crippen LogP contribution in [0.4, 0.5) is 10.5 Å². The molecule has 1 N–H and O–H groups in total. The summed E-state index contributed by atoms with van der Waals surface area (Å²) in [5, 5.41) is 3.33. The number of anilines is 1. The van der Waals surface area contributed by atoms with Crippen molar-refractivity contribution in [2.24, 2.45) is 0 Å². The molecule has 3 heteroatoms. The van der Waals surface area contributed by atoms with Gasteiger partial charge >= 0.3 is 6.03 Å². The van der Waals surface area contributed by atoms with Crippen LogP contribution in [0.5, 0.6) is 0 Å². The molecule has 1 aliphatic carbocycles. The van der Waals surface area contributed by atoms with Crippen LogP contribution in [0.2, 0.25) is 0 Å². The van der Waals surface area contributed by atoms with Crippen molar-refractivity contribution >= 4 is 11.7 Å². The highest BCUT2D eigenvalue weighted by atomic mass is 16.2. The van der Waals surface area contributed by atoms with Crippen molar-refractivity contribution in [2.45, 2.75) is 90.6 Å². The Bertz CT molecular complexity index is 629. The number of hydrogen-bond donors (Lipinski definition) is 1. The third-order valence-electron chi connectivity index (χ3n) is 5.78. The van der Waals surface area contributed by atoms with Crippen molar-refractivity contribution in [3.8, 4) is 0 Å². The largest absolute Gasteiger partial charge is 0.335 e. The minimum atomic E-state index is -0.162. The van der Waals surface area contributed by atoms with Gasteiger partial charge in [-0.2, -0.15) is 0 Å². The van der Waals surface area contributed by atoms with E-state index in [-0.39, 0.29) is 11.6 Å². The zero-order chi connectivity index (χ0) is 17.5. The minimum absolute atomic E-state index is 0.0898. The predicted octanol–water partition coefficient (Wildman–Crippen LogP) is 5.44. The van der Waals surface area contributed by atoms with Crippen LogP contribution in [0.3, 0.4) is 0 Å². The molecule has 0 radical (unpaired) electrons. The van der Waals surface area contributed by atoms with Crippen molar-refractivity contribution in [1.29, 1.82) is 0 Å². The van der Waals surface area contributed by atoms with Crippen molar-refractivity contribution in [2.75, 3.05) is 4.90 Å². The fraction of sp³-hybridized carbons (Fsp3) is 0.667. The first-order valence-corrected chi connectivity index (χ1v) is 9.51. The van der Waals surface area contributed by atoms with Gasteiger partial charge in [-0.3, -0.25) is 4.90 Å². The van der Waals surface area contributed by atoms with Gasteiger partial charge in [-0.05, 0) is 64.0 Å². The van der Waals surface area contributed by atoms with Crippen molar-refractivity contribution in [1.82, 2.24) is 5.32 Å². The molecule has 1 heterocycles. The van der Waals surface area contributed by atoms with E-state index in [0.29, 0.717) is 12.0 Å². The number of aryl methyl sites for hydroxylation is 2. The van der Waals surface area contributed by atoms with Gasteiger partial charge < -0.3 is 5.32 Å². The van der Waals surface area contributed by atoms with Gasteiger partial charge in [0.05, 0.1) is 5.69 Å². The molecule has 1 saturated carbocycles. The Morgan fingerprint density at radius 1 is 1.17 bits per heavy atom. The molecule has 1 aliphatic heterocycles. The number of fused-ring (bicyclic) bond motifs is 1. The van der Waals surface area contributed by atoms with Gasteiger partial charge in [-0.15, -0.1) is 0 Å². The molecule has 1 fully saturated rings. The van der Waals surface area contributed by atoms with E-state index >= 15 is 0 Å². The smallest absolute Gasteiger partial charge is 0.322 e. The number of rotatable bonds is 1. The minimum Gasteiger partial charge on any atom is -0.335 e. The summed E-state index contributed by atoms with van der Waals surface area (Å²) in [4.78, 5) is 15.3. The van der Waals surface area contributed by atoms with Gasteiger partial charge in [0.15, 0.2) is 0 Å².